The van der Waals surface area contributed by atoms with Gasteiger partial charge in [0.05, 0.1) is 49.2 Å². The van der Waals surface area contributed by atoms with Gasteiger partial charge in [-0.25, -0.2) is 15.0 Å². The molecule has 0 radical (unpaired) electrons. The molecule has 1 saturated heterocycles. The minimum absolute atomic E-state index is 0.148. The van der Waals surface area contributed by atoms with E-state index in [9.17, 15) is 0 Å². The van der Waals surface area contributed by atoms with E-state index in [1.807, 2.05) is 0 Å². The molecule has 2 atom stereocenters. The number of rotatable bonds is 5. The highest BCUT2D eigenvalue weighted by Crippen LogP contribution is 2.46. The molecular formula is C20H19Cl3N4O3. The van der Waals surface area contributed by atoms with Crippen molar-refractivity contribution in [3.63, 3.8) is 0 Å². The van der Waals surface area contributed by atoms with Crippen LogP contribution in [0.5, 0.6) is 11.5 Å². The van der Waals surface area contributed by atoms with Gasteiger partial charge in [-0.05, 0) is 6.07 Å². The summed E-state index contributed by atoms with van der Waals surface area (Å²) in [5.74, 6) is 1.66. The maximum absolute atomic E-state index is 6.51. The van der Waals surface area contributed by atoms with Gasteiger partial charge in [-0.2, -0.15) is 0 Å². The Morgan fingerprint density at radius 3 is 2.33 bits per heavy atom. The zero-order valence-electron chi connectivity index (χ0n) is 16.5. The van der Waals surface area contributed by atoms with Crippen LogP contribution in [0.15, 0.2) is 18.3 Å². The van der Waals surface area contributed by atoms with E-state index in [2.05, 4.69) is 27.2 Å². The molecule has 2 aromatic heterocycles. The minimum Gasteiger partial charge on any atom is -0.495 e. The molecular weight excluding hydrogens is 451 g/mol. The zero-order valence-corrected chi connectivity index (χ0v) is 18.8. The quantitative estimate of drug-likeness (QED) is 0.520. The van der Waals surface area contributed by atoms with Crippen LogP contribution in [0.1, 0.15) is 6.92 Å². The van der Waals surface area contributed by atoms with Crippen LogP contribution in [0, 0.1) is 5.92 Å². The van der Waals surface area contributed by atoms with Gasteiger partial charge in [-0.3, -0.25) is 0 Å². The second-order valence-electron chi connectivity index (χ2n) is 6.98. The van der Waals surface area contributed by atoms with Crippen molar-refractivity contribution in [2.75, 3.05) is 32.8 Å². The molecule has 10 heteroatoms. The van der Waals surface area contributed by atoms with Crippen molar-refractivity contribution in [2.24, 2.45) is 5.92 Å². The molecule has 1 N–H and O–H groups in total. The Hall–Kier alpha value is -2.06. The fourth-order valence-corrected chi connectivity index (χ4v) is 4.26. The highest BCUT2D eigenvalue weighted by molar-refractivity contribution is 6.41. The number of ether oxygens (including phenoxy) is 3. The molecule has 1 aliphatic heterocycles. The first-order valence-corrected chi connectivity index (χ1v) is 10.3. The molecule has 30 heavy (non-hydrogen) atoms. The van der Waals surface area contributed by atoms with E-state index >= 15 is 0 Å². The van der Waals surface area contributed by atoms with Crippen molar-refractivity contribution in [1.29, 1.82) is 0 Å². The maximum Gasteiger partial charge on any atom is 0.223 e. The summed E-state index contributed by atoms with van der Waals surface area (Å²) in [5.41, 5.74) is 1.44. The molecule has 3 heterocycles. The van der Waals surface area contributed by atoms with Crippen molar-refractivity contribution in [3.05, 3.63) is 33.5 Å². The Labute approximate surface area is 188 Å². The van der Waals surface area contributed by atoms with Gasteiger partial charge in [0.15, 0.2) is 5.15 Å². The van der Waals surface area contributed by atoms with Crippen LogP contribution in [0.4, 0.5) is 5.95 Å². The summed E-state index contributed by atoms with van der Waals surface area (Å²) < 4.78 is 16.1. The monoisotopic (exact) mass is 468 g/mol. The number of nitrogens with one attached hydrogen (secondary N) is 1. The number of anilines is 1. The normalized spacial score (nSPS) is 18.6. The zero-order chi connectivity index (χ0) is 21.4. The van der Waals surface area contributed by atoms with Gasteiger partial charge in [0.2, 0.25) is 5.95 Å². The van der Waals surface area contributed by atoms with Crippen molar-refractivity contribution in [2.45, 2.75) is 13.0 Å². The Morgan fingerprint density at radius 2 is 1.73 bits per heavy atom. The maximum atomic E-state index is 6.51. The number of benzene rings is 1. The molecule has 0 unspecified atom stereocenters. The van der Waals surface area contributed by atoms with E-state index < -0.39 is 0 Å². The second kappa shape index (κ2) is 8.59. The molecule has 1 fully saturated rings. The molecule has 0 bridgehead atoms. The molecule has 4 rings (SSSR count). The Morgan fingerprint density at radius 1 is 1.03 bits per heavy atom. The molecule has 0 amide bonds. The predicted octanol–water partition coefficient (Wildman–Crippen LogP) is 5.12. The molecule has 0 aliphatic carbocycles. The van der Waals surface area contributed by atoms with Crippen LogP contribution in [0.3, 0.4) is 0 Å². The third kappa shape index (κ3) is 3.83. The number of hydrogen-bond donors (Lipinski definition) is 1. The first-order valence-electron chi connectivity index (χ1n) is 9.20. The number of hydrogen-bond acceptors (Lipinski definition) is 7. The number of halogens is 3. The Bertz CT molecular complexity index is 1080. The molecule has 1 aromatic carbocycles. The summed E-state index contributed by atoms with van der Waals surface area (Å²) >= 11 is 19.5. The summed E-state index contributed by atoms with van der Waals surface area (Å²) in [6.45, 7) is 3.44. The van der Waals surface area contributed by atoms with Crippen molar-refractivity contribution >= 4 is 51.7 Å². The smallest absolute Gasteiger partial charge is 0.223 e. The third-order valence-electron chi connectivity index (χ3n) is 5.03. The van der Waals surface area contributed by atoms with Crippen LogP contribution in [0.2, 0.25) is 15.2 Å². The molecule has 158 valence electrons. The lowest BCUT2D eigenvalue weighted by Gasteiger charge is -2.16. The molecule has 7 nitrogen and oxygen atoms in total. The molecule has 1 aliphatic rings. The van der Waals surface area contributed by atoms with E-state index in [0.29, 0.717) is 68.8 Å². The van der Waals surface area contributed by atoms with Gasteiger partial charge in [-0.15, -0.1) is 0 Å². The van der Waals surface area contributed by atoms with E-state index in [1.54, 1.807) is 18.3 Å². The lowest BCUT2D eigenvalue weighted by atomic mass is 10.1. The minimum atomic E-state index is 0.148. The lowest BCUT2D eigenvalue weighted by molar-refractivity contribution is 0.187. The second-order valence-corrected chi connectivity index (χ2v) is 8.09. The fraction of sp³-hybridized carbons (Fsp3) is 0.350. The molecule has 0 saturated carbocycles. The van der Waals surface area contributed by atoms with E-state index in [1.165, 1.54) is 14.2 Å². The average molecular weight is 470 g/mol. The topological polar surface area (TPSA) is 78.4 Å². The highest BCUT2D eigenvalue weighted by atomic mass is 35.5. The highest BCUT2D eigenvalue weighted by Gasteiger charge is 2.25. The van der Waals surface area contributed by atoms with Gasteiger partial charge >= 0.3 is 0 Å². The Kier molecular flexibility index (Phi) is 6.06. The summed E-state index contributed by atoms with van der Waals surface area (Å²) in [6.07, 6.45) is 1.68. The Balaban J connectivity index is 1.78. The van der Waals surface area contributed by atoms with Crippen molar-refractivity contribution in [3.8, 4) is 22.8 Å². The van der Waals surface area contributed by atoms with Crippen LogP contribution in [0.25, 0.3) is 22.2 Å². The van der Waals surface area contributed by atoms with Crippen LogP contribution in [-0.2, 0) is 4.74 Å². The number of nitrogens with zero attached hydrogens (tertiary/aromatic N) is 3. The molecule has 3 aromatic rings. The van der Waals surface area contributed by atoms with Crippen molar-refractivity contribution < 1.29 is 14.2 Å². The number of methoxy groups -OCH3 is 2. The van der Waals surface area contributed by atoms with E-state index in [0.717, 1.165) is 0 Å². The third-order valence-corrected chi connectivity index (χ3v) is 6.05. The van der Waals surface area contributed by atoms with Gasteiger partial charge in [0.25, 0.3) is 0 Å². The first-order chi connectivity index (χ1) is 14.4. The van der Waals surface area contributed by atoms with Crippen molar-refractivity contribution in [1.82, 2.24) is 15.0 Å². The first kappa shape index (κ1) is 21.2. The van der Waals surface area contributed by atoms with Gasteiger partial charge in [0.1, 0.15) is 17.0 Å². The summed E-state index contributed by atoms with van der Waals surface area (Å²) in [7, 11) is 3.02. The van der Waals surface area contributed by atoms with Crippen LogP contribution in [-0.4, -0.2) is 48.4 Å². The number of fused-ring (bicyclic) bond motifs is 1. The number of pyridine rings is 1. The van der Waals surface area contributed by atoms with Gasteiger partial charge in [0, 0.05) is 29.1 Å². The molecule has 0 spiro atoms. The van der Waals surface area contributed by atoms with E-state index in [4.69, 9.17) is 49.0 Å². The largest absolute Gasteiger partial charge is 0.495 e. The number of aromatic nitrogens is 3. The van der Waals surface area contributed by atoms with Gasteiger partial charge in [-0.1, -0.05) is 41.7 Å². The van der Waals surface area contributed by atoms with Gasteiger partial charge < -0.3 is 19.5 Å². The van der Waals surface area contributed by atoms with Crippen LogP contribution >= 0.6 is 34.8 Å². The summed E-state index contributed by atoms with van der Waals surface area (Å²) in [4.78, 5) is 13.4. The lowest BCUT2D eigenvalue weighted by Crippen LogP contribution is -2.26. The fourth-order valence-electron chi connectivity index (χ4n) is 3.32. The average Bonchev–Trinajstić information content (AvgIpc) is 3.13. The van der Waals surface area contributed by atoms with E-state index in [-0.39, 0.29) is 11.2 Å². The standard InChI is InChI=1S/C20H19Cl3N4O3/c1-9-7-30-8-12(9)26-20-24-6-10-4-11(25-19(23)18(10)27-20)15-16(21)13(28-2)5-14(29-3)17(15)22/h4-6,9,12H,7-8H2,1-3H3,(H,24,26,27)/t9-,12+/m0/s1. The summed E-state index contributed by atoms with van der Waals surface area (Å²) in [6, 6.07) is 3.54. The summed E-state index contributed by atoms with van der Waals surface area (Å²) in [5, 5.41) is 4.81. The predicted molar refractivity (Wildman–Crippen MR) is 118 cm³/mol. The SMILES string of the molecule is COc1cc(OC)c(Cl)c(-c2cc3cnc(N[C@@H]4COC[C@@H]4C)nc3c(Cl)n2)c1Cl. The van der Waals surface area contributed by atoms with Crippen LogP contribution < -0.4 is 14.8 Å².